The second-order valence-electron chi connectivity index (χ2n) is 11.3. The van der Waals surface area contributed by atoms with Gasteiger partial charge in [0.15, 0.2) is 0 Å². The number of aromatic nitrogens is 1. The van der Waals surface area contributed by atoms with Crippen molar-refractivity contribution in [2.75, 3.05) is 51.4 Å². The smallest absolute Gasteiger partial charge is 0.309 e. The molecule has 0 aromatic carbocycles. The highest BCUT2D eigenvalue weighted by Gasteiger charge is 2.26. The number of anilines is 1. The summed E-state index contributed by atoms with van der Waals surface area (Å²) in [7, 11) is 1.69. The Balaban J connectivity index is 1.51. The van der Waals surface area contributed by atoms with Crippen LogP contribution in [0.4, 0.5) is 5.69 Å². The summed E-state index contributed by atoms with van der Waals surface area (Å²) < 4.78 is 17.9. The number of carbonyl (C=O) groups excluding carboxylic acids is 7. The quantitative estimate of drug-likeness (QED) is 0.101. The molecule has 0 spiro atoms. The number of amides is 4. The van der Waals surface area contributed by atoms with Gasteiger partial charge in [-0.2, -0.15) is 0 Å². The summed E-state index contributed by atoms with van der Waals surface area (Å²) >= 11 is 0. The molecule has 2 heterocycles. The first-order valence-electron chi connectivity index (χ1n) is 15.5. The van der Waals surface area contributed by atoms with E-state index >= 15 is 0 Å². The molecule has 4 amide bonds. The summed E-state index contributed by atoms with van der Waals surface area (Å²) in [6, 6.07) is 1.57. The molecule has 0 aliphatic carbocycles. The van der Waals surface area contributed by atoms with Crippen molar-refractivity contribution in [3.63, 3.8) is 0 Å². The summed E-state index contributed by atoms with van der Waals surface area (Å²) in [4.78, 5) is 84.7. The van der Waals surface area contributed by atoms with Gasteiger partial charge in [0.25, 0.3) is 17.7 Å². The number of aryl methyl sites for hydroxylation is 1. The first kappa shape index (κ1) is 38.0. The number of ketones is 2. The number of imide groups is 1. The molecule has 1 aromatic heterocycles. The van der Waals surface area contributed by atoms with Gasteiger partial charge < -0.3 is 29.4 Å². The molecule has 0 saturated carbocycles. The van der Waals surface area contributed by atoms with Gasteiger partial charge in [-0.1, -0.05) is 13.8 Å². The largest absolute Gasteiger partial charge is 0.465 e. The van der Waals surface area contributed by atoms with E-state index in [1.807, 2.05) is 13.8 Å². The predicted octanol–water partition coefficient (Wildman–Crippen LogP) is 1.97. The number of nitrogens with one attached hydrogen (secondary N) is 2. The Labute approximate surface area is 269 Å². The van der Waals surface area contributed by atoms with E-state index in [0.29, 0.717) is 37.4 Å². The molecule has 254 valence electrons. The van der Waals surface area contributed by atoms with Gasteiger partial charge in [0.1, 0.15) is 17.3 Å². The summed E-state index contributed by atoms with van der Waals surface area (Å²) in [6.45, 7) is 6.66. The van der Waals surface area contributed by atoms with Crippen molar-refractivity contribution in [2.24, 2.45) is 18.9 Å². The molecule has 0 fully saturated rings. The zero-order valence-corrected chi connectivity index (χ0v) is 27.1. The number of hydrogen-bond acceptors (Lipinski definition) is 10. The van der Waals surface area contributed by atoms with Crippen molar-refractivity contribution in [1.82, 2.24) is 14.8 Å². The third-order valence-corrected chi connectivity index (χ3v) is 7.12. The minimum Gasteiger partial charge on any atom is -0.465 e. The monoisotopic (exact) mass is 646 g/mol. The van der Waals surface area contributed by atoms with Gasteiger partial charge in [0.2, 0.25) is 5.91 Å². The van der Waals surface area contributed by atoms with Crippen molar-refractivity contribution < 1.29 is 47.8 Å². The maximum atomic E-state index is 12.6. The van der Waals surface area contributed by atoms with Crippen LogP contribution in [0.3, 0.4) is 0 Å². The lowest BCUT2D eigenvalue weighted by Crippen LogP contribution is -2.32. The predicted molar refractivity (Wildman–Crippen MR) is 167 cm³/mol. The lowest BCUT2D eigenvalue weighted by atomic mass is 9.90. The number of Topliss-reactive ketones (excluding diaryl/α,β-unsaturated/α-hetero) is 2. The fourth-order valence-electron chi connectivity index (χ4n) is 4.54. The molecule has 0 saturated heterocycles. The zero-order valence-electron chi connectivity index (χ0n) is 27.1. The van der Waals surface area contributed by atoms with Gasteiger partial charge in [0, 0.05) is 77.7 Å². The molecule has 46 heavy (non-hydrogen) atoms. The van der Waals surface area contributed by atoms with E-state index in [1.54, 1.807) is 23.9 Å². The van der Waals surface area contributed by atoms with Crippen molar-refractivity contribution in [1.29, 1.82) is 0 Å². The van der Waals surface area contributed by atoms with Gasteiger partial charge in [-0.25, -0.2) is 0 Å². The topological polar surface area (TPSA) is 179 Å². The van der Waals surface area contributed by atoms with Crippen molar-refractivity contribution in [3.05, 3.63) is 30.1 Å². The van der Waals surface area contributed by atoms with Crippen molar-refractivity contribution >= 4 is 46.9 Å². The fourth-order valence-corrected chi connectivity index (χ4v) is 4.54. The average Bonchev–Trinajstić information content (AvgIpc) is 3.52. The number of nitrogens with zero attached hydrogens (tertiary/aromatic N) is 2. The van der Waals surface area contributed by atoms with Crippen LogP contribution >= 0.6 is 0 Å². The standard InChI is InChI=1S/C32H46N4O10/c1-22(2)27(32(43)46-15-6-12-33-31(42)28-19-24(21-35(28)4)34-23(3)37)20-26(39)11-16-45-18-17-44-14-5-7-25(38)10-13-36-29(40)8-9-30(36)41/h8-9,19,21-22,27H,5-7,10-18,20H2,1-4H3,(H,33,42)(H,34,37)/t27-/m0/s1. The lowest BCUT2D eigenvalue weighted by Gasteiger charge is -2.19. The Morgan fingerprint density at radius 1 is 0.848 bits per heavy atom. The van der Waals surface area contributed by atoms with Gasteiger partial charge in [-0.3, -0.25) is 38.5 Å². The second kappa shape index (κ2) is 20.1. The van der Waals surface area contributed by atoms with E-state index in [-0.39, 0.29) is 87.9 Å². The minimum atomic E-state index is -0.586. The number of esters is 1. The van der Waals surface area contributed by atoms with Gasteiger partial charge in [0.05, 0.1) is 38.0 Å². The number of rotatable bonds is 23. The van der Waals surface area contributed by atoms with Crippen molar-refractivity contribution in [3.8, 4) is 0 Å². The van der Waals surface area contributed by atoms with Crippen LogP contribution < -0.4 is 10.6 Å². The summed E-state index contributed by atoms with van der Waals surface area (Å²) in [6.07, 6.45) is 5.51. The molecule has 0 bridgehead atoms. The Morgan fingerprint density at radius 2 is 1.52 bits per heavy atom. The van der Waals surface area contributed by atoms with Crippen molar-refractivity contribution in [2.45, 2.75) is 59.3 Å². The molecule has 14 heteroatoms. The second-order valence-corrected chi connectivity index (χ2v) is 11.3. The molecular weight excluding hydrogens is 600 g/mol. The lowest BCUT2D eigenvalue weighted by molar-refractivity contribution is -0.152. The molecule has 1 aliphatic rings. The van der Waals surface area contributed by atoms with Gasteiger partial charge in [-0.05, 0) is 24.8 Å². The normalized spacial score (nSPS) is 13.3. The van der Waals surface area contributed by atoms with E-state index in [1.165, 1.54) is 19.1 Å². The van der Waals surface area contributed by atoms with Crippen LogP contribution in [0.15, 0.2) is 24.4 Å². The molecule has 1 aliphatic heterocycles. The first-order chi connectivity index (χ1) is 21.9. The molecule has 2 N–H and O–H groups in total. The van der Waals surface area contributed by atoms with E-state index in [2.05, 4.69) is 10.6 Å². The number of ether oxygens (including phenoxy) is 3. The van der Waals surface area contributed by atoms with E-state index in [4.69, 9.17) is 14.2 Å². The fraction of sp³-hybridized carbons (Fsp3) is 0.594. The third-order valence-electron chi connectivity index (χ3n) is 7.12. The highest BCUT2D eigenvalue weighted by molar-refractivity contribution is 6.13. The highest BCUT2D eigenvalue weighted by atomic mass is 16.5. The van der Waals surface area contributed by atoms with Gasteiger partial charge in [-0.15, -0.1) is 0 Å². The summed E-state index contributed by atoms with van der Waals surface area (Å²) in [5, 5.41) is 5.38. The molecule has 1 atom stereocenters. The van der Waals surface area contributed by atoms with Gasteiger partial charge >= 0.3 is 5.97 Å². The maximum Gasteiger partial charge on any atom is 0.309 e. The molecule has 0 unspecified atom stereocenters. The van der Waals surface area contributed by atoms with Crippen LogP contribution in [0.1, 0.15) is 69.8 Å². The van der Waals surface area contributed by atoms with E-state index < -0.39 is 23.7 Å². The SMILES string of the molecule is CC(=O)Nc1cc(C(=O)NCCCOC(=O)[C@@H](CC(=O)CCOCCOCCCC(=O)CCN2C(=O)C=CC2=O)C(C)C)n(C)c1. The maximum absolute atomic E-state index is 12.6. The highest BCUT2D eigenvalue weighted by Crippen LogP contribution is 2.19. The summed E-state index contributed by atoms with van der Waals surface area (Å²) in [5.74, 6) is -2.67. The Morgan fingerprint density at radius 3 is 2.17 bits per heavy atom. The molecule has 2 rings (SSSR count). The molecule has 0 radical (unpaired) electrons. The van der Waals surface area contributed by atoms with Crippen LogP contribution in [0, 0.1) is 11.8 Å². The Bertz CT molecular complexity index is 1250. The van der Waals surface area contributed by atoms with Crippen LogP contribution in [0.25, 0.3) is 0 Å². The van der Waals surface area contributed by atoms with E-state index in [0.717, 1.165) is 4.90 Å². The minimum absolute atomic E-state index is 0.0435. The Hall–Kier alpha value is -4.17. The molecular formula is C32H46N4O10. The Kier molecular flexibility index (Phi) is 16.6. The third kappa shape index (κ3) is 13.9. The first-order valence-corrected chi connectivity index (χ1v) is 15.5. The van der Waals surface area contributed by atoms with Crippen LogP contribution in [0.2, 0.25) is 0 Å². The van der Waals surface area contributed by atoms with Crippen LogP contribution in [-0.4, -0.2) is 96.8 Å². The van der Waals surface area contributed by atoms with Crippen LogP contribution in [0.5, 0.6) is 0 Å². The molecule has 14 nitrogen and oxygen atoms in total. The average molecular weight is 647 g/mol. The number of hydrogen-bond donors (Lipinski definition) is 2. The summed E-state index contributed by atoms with van der Waals surface area (Å²) in [5.41, 5.74) is 0.898. The molecule has 1 aromatic rings. The van der Waals surface area contributed by atoms with E-state index in [9.17, 15) is 33.6 Å². The van der Waals surface area contributed by atoms with Crippen LogP contribution in [-0.2, 0) is 50.0 Å². The number of carbonyl (C=O) groups is 7. The zero-order chi connectivity index (χ0) is 34.1.